The smallest absolute Gasteiger partial charge is 0.276 e. The maximum Gasteiger partial charge on any atom is 0.276 e. The Morgan fingerprint density at radius 1 is 1.07 bits per heavy atom. The zero-order valence-corrected chi connectivity index (χ0v) is 15.8. The highest BCUT2D eigenvalue weighted by Crippen LogP contribution is 2.31. The van der Waals surface area contributed by atoms with Crippen molar-refractivity contribution < 1.29 is 19.1 Å². The number of hydrogen-bond acceptors (Lipinski definition) is 5. The molecule has 2 aliphatic heterocycles. The topological polar surface area (TPSA) is 72.0 Å². The Morgan fingerprint density at radius 2 is 1.75 bits per heavy atom. The lowest BCUT2D eigenvalue weighted by atomic mass is 10.0. The van der Waals surface area contributed by atoms with Crippen molar-refractivity contribution in [2.45, 2.75) is 18.6 Å². The quantitative estimate of drug-likeness (QED) is 0.816. The Morgan fingerprint density at radius 3 is 2.43 bits per heavy atom. The summed E-state index contributed by atoms with van der Waals surface area (Å²) in [7, 11) is 1.69. The summed E-state index contributed by atoms with van der Waals surface area (Å²) in [5.41, 5.74) is 1.47. The molecule has 146 valence electrons. The van der Waals surface area contributed by atoms with E-state index in [1.54, 1.807) is 24.1 Å². The lowest BCUT2D eigenvalue weighted by molar-refractivity contribution is -0.181. The highest BCUT2D eigenvalue weighted by molar-refractivity contribution is 6.06. The SMILES string of the molecule is CN(C(=O)c1cc(C(=O)N2CCC3(CC2)OCCO3)ccn1)c1ccccc1. The number of carbonyl (C=O) groups is 2. The van der Waals surface area contributed by atoms with Crippen LogP contribution in [0.5, 0.6) is 0 Å². The lowest BCUT2D eigenvalue weighted by Crippen LogP contribution is -2.47. The van der Waals surface area contributed by atoms with Crippen LogP contribution in [0.25, 0.3) is 0 Å². The zero-order valence-electron chi connectivity index (χ0n) is 15.8. The molecule has 3 heterocycles. The number of rotatable bonds is 3. The van der Waals surface area contributed by atoms with Gasteiger partial charge in [0.05, 0.1) is 13.2 Å². The van der Waals surface area contributed by atoms with Gasteiger partial charge in [-0.05, 0) is 24.3 Å². The molecule has 0 N–H and O–H groups in total. The van der Waals surface area contributed by atoms with Crippen LogP contribution in [0, 0.1) is 0 Å². The molecular weight excluding hydrogens is 358 g/mol. The second kappa shape index (κ2) is 7.69. The van der Waals surface area contributed by atoms with Gasteiger partial charge in [-0.3, -0.25) is 14.6 Å². The number of likely N-dealkylation sites (tertiary alicyclic amines) is 1. The average molecular weight is 381 g/mol. The maximum atomic E-state index is 12.9. The van der Waals surface area contributed by atoms with Crippen LogP contribution in [0.3, 0.4) is 0 Å². The van der Waals surface area contributed by atoms with Crippen LogP contribution in [0.15, 0.2) is 48.7 Å². The zero-order chi connectivity index (χ0) is 19.6. The fourth-order valence-corrected chi connectivity index (χ4v) is 3.64. The Balaban J connectivity index is 1.46. The highest BCUT2D eigenvalue weighted by atomic mass is 16.7. The first-order valence-corrected chi connectivity index (χ1v) is 9.44. The third kappa shape index (κ3) is 3.63. The van der Waals surface area contributed by atoms with Crippen LogP contribution in [0.1, 0.15) is 33.7 Å². The van der Waals surface area contributed by atoms with E-state index in [-0.39, 0.29) is 17.5 Å². The van der Waals surface area contributed by atoms with E-state index in [4.69, 9.17) is 9.47 Å². The number of anilines is 1. The normalized spacial score (nSPS) is 18.2. The molecule has 2 aliphatic rings. The molecule has 2 saturated heterocycles. The molecule has 2 amide bonds. The monoisotopic (exact) mass is 381 g/mol. The molecule has 0 unspecified atom stereocenters. The number of benzene rings is 1. The predicted molar refractivity (Wildman–Crippen MR) is 103 cm³/mol. The first-order valence-electron chi connectivity index (χ1n) is 9.44. The van der Waals surface area contributed by atoms with Gasteiger partial charge in [-0.1, -0.05) is 18.2 Å². The van der Waals surface area contributed by atoms with Crippen molar-refractivity contribution in [3.8, 4) is 0 Å². The Bertz CT molecular complexity index is 855. The first-order chi connectivity index (χ1) is 13.6. The van der Waals surface area contributed by atoms with Crippen LogP contribution < -0.4 is 4.90 Å². The van der Waals surface area contributed by atoms with Gasteiger partial charge in [0, 0.05) is 50.4 Å². The van der Waals surface area contributed by atoms with Crippen LogP contribution in [-0.2, 0) is 9.47 Å². The number of hydrogen-bond donors (Lipinski definition) is 0. The van der Waals surface area contributed by atoms with E-state index in [0.717, 1.165) is 5.69 Å². The van der Waals surface area contributed by atoms with E-state index >= 15 is 0 Å². The van der Waals surface area contributed by atoms with Gasteiger partial charge >= 0.3 is 0 Å². The number of aromatic nitrogens is 1. The molecule has 4 rings (SSSR count). The van der Waals surface area contributed by atoms with Crippen LogP contribution in [0.4, 0.5) is 5.69 Å². The summed E-state index contributed by atoms with van der Waals surface area (Å²) in [6.45, 7) is 2.35. The van der Waals surface area contributed by atoms with E-state index in [9.17, 15) is 9.59 Å². The number of amides is 2. The molecule has 0 aliphatic carbocycles. The Hall–Kier alpha value is -2.77. The number of nitrogens with zero attached hydrogens (tertiary/aromatic N) is 3. The number of piperidine rings is 1. The summed E-state index contributed by atoms with van der Waals surface area (Å²) in [5, 5.41) is 0. The highest BCUT2D eigenvalue weighted by Gasteiger charge is 2.40. The van der Waals surface area contributed by atoms with Gasteiger partial charge in [0.25, 0.3) is 11.8 Å². The molecule has 2 aromatic rings. The molecule has 1 aromatic carbocycles. The van der Waals surface area contributed by atoms with Crippen LogP contribution in [0.2, 0.25) is 0 Å². The molecule has 2 fully saturated rings. The minimum Gasteiger partial charge on any atom is -0.347 e. The largest absolute Gasteiger partial charge is 0.347 e. The summed E-state index contributed by atoms with van der Waals surface area (Å²) < 4.78 is 11.4. The van der Waals surface area contributed by atoms with Gasteiger partial charge in [0.15, 0.2) is 5.79 Å². The maximum absolute atomic E-state index is 12.9. The summed E-state index contributed by atoms with van der Waals surface area (Å²) >= 11 is 0. The van der Waals surface area contributed by atoms with Crippen molar-refractivity contribution in [1.82, 2.24) is 9.88 Å². The lowest BCUT2D eigenvalue weighted by Gasteiger charge is -2.37. The van der Waals surface area contributed by atoms with Gasteiger partial charge < -0.3 is 19.3 Å². The fourth-order valence-electron chi connectivity index (χ4n) is 3.64. The summed E-state index contributed by atoms with van der Waals surface area (Å²) in [5.74, 6) is -0.882. The predicted octanol–water partition coefficient (Wildman–Crippen LogP) is 2.34. The van der Waals surface area contributed by atoms with E-state index in [0.29, 0.717) is 44.7 Å². The van der Waals surface area contributed by atoms with E-state index in [1.807, 2.05) is 30.3 Å². The molecule has 0 radical (unpaired) electrons. The van der Waals surface area contributed by atoms with Crippen LogP contribution in [-0.4, -0.2) is 60.8 Å². The summed E-state index contributed by atoms with van der Waals surface area (Å²) in [4.78, 5) is 33.2. The van der Waals surface area contributed by atoms with Crippen molar-refractivity contribution in [2.24, 2.45) is 0 Å². The molecule has 0 bridgehead atoms. The molecule has 0 atom stereocenters. The first kappa shape index (κ1) is 18.6. The van der Waals surface area contributed by atoms with Crippen LogP contribution >= 0.6 is 0 Å². The number of carbonyl (C=O) groups excluding carboxylic acids is 2. The van der Waals surface area contributed by atoms with Gasteiger partial charge in [0.2, 0.25) is 0 Å². The minimum atomic E-state index is -0.519. The van der Waals surface area contributed by atoms with E-state index < -0.39 is 5.79 Å². The van der Waals surface area contributed by atoms with Gasteiger partial charge in [-0.15, -0.1) is 0 Å². The molecule has 7 nitrogen and oxygen atoms in total. The Kier molecular flexibility index (Phi) is 5.11. The van der Waals surface area contributed by atoms with E-state index in [2.05, 4.69) is 4.98 Å². The second-order valence-corrected chi connectivity index (χ2v) is 7.03. The molecule has 28 heavy (non-hydrogen) atoms. The van der Waals surface area contributed by atoms with Crippen molar-refractivity contribution in [2.75, 3.05) is 38.3 Å². The molecule has 1 aromatic heterocycles. The van der Waals surface area contributed by atoms with Crippen molar-refractivity contribution in [3.63, 3.8) is 0 Å². The van der Waals surface area contributed by atoms with Gasteiger partial charge in [0.1, 0.15) is 5.69 Å². The standard InChI is InChI=1S/C21H23N3O4/c1-23(17-5-3-2-4-6-17)20(26)18-15-16(7-10-22-18)19(25)24-11-8-21(9-12-24)27-13-14-28-21/h2-7,10,15H,8-9,11-14H2,1H3. The van der Waals surface area contributed by atoms with Crippen molar-refractivity contribution in [3.05, 3.63) is 59.9 Å². The summed E-state index contributed by atoms with van der Waals surface area (Å²) in [6.07, 6.45) is 2.83. The fraction of sp³-hybridized carbons (Fsp3) is 0.381. The molecule has 0 saturated carbocycles. The Labute approximate surface area is 163 Å². The van der Waals surface area contributed by atoms with E-state index in [1.165, 1.54) is 11.1 Å². The average Bonchev–Trinajstić information content (AvgIpc) is 3.21. The molecular formula is C21H23N3O4. The second-order valence-electron chi connectivity index (χ2n) is 7.03. The number of para-hydroxylation sites is 1. The van der Waals surface area contributed by atoms with Crippen molar-refractivity contribution >= 4 is 17.5 Å². The minimum absolute atomic E-state index is 0.105. The number of pyridine rings is 1. The van der Waals surface area contributed by atoms with Crippen molar-refractivity contribution in [1.29, 1.82) is 0 Å². The third-order valence-corrected chi connectivity index (χ3v) is 5.30. The number of ether oxygens (including phenoxy) is 2. The third-order valence-electron chi connectivity index (χ3n) is 5.30. The molecule has 7 heteroatoms. The van der Waals surface area contributed by atoms with Gasteiger partial charge in [-0.2, -0.15) is 0 Å². The summed E-state index contributed by atoms with van der Waals surface area (Å²) in [6, 6.07) is 12.5. The van der Waals surface area contributed by atoms with Gasteiger partial charge in [-0.25, -0.2) is 0 Å². The molecule has 1 spiro atoms.